The van der Waals surface area contributed by atoms with Crippen molar-refractivity contribution in [1.29, 1.82) is 0 Å². The highest BCUT2D eigenvalue weighted by Gasteiger charge is 2.31. The van der Waals surface area contributed by atoms with Crippen molar-refractivity contribution in [3.63, 3.8) is 0 Å². The lowest BCUT2D eigenvalue weighted by Gasteiger charge is -2.42. The van der Waals surface area contributed by atoms with Gasteiger partial charge in [-0.25, -0.2) is 4.39 Å². The number of hydrogen-bond donors (Lipinski definition) is 1. The fraction of sp³-hybridized carbons (Fsp3) is 0.281. The molecule has 1 fully saturated rings. The van der Waals surface area contributed by atoms with E-state index < -0.39 is 5.82 Å². The lowest BCUT2D eigenvalue weighted by Crippen LogP contribution is -2.55. The molecule has 7 nitrogen and oxygen atoms in total. The number of para-hydroxylation sites is 1. The molecule has 1 atom stereocenters. The molecule has 0 radical (unpaired) electrons. The third-order valence-corrected chi connectivity index (χ3v) is 7.68. The van der Waals surface area contributed by atoms with Gasteiger partial charge in [0.15, 0.2) is 0 Å². The van der Waals surface area contributed by atoms with E-state index in [2.05, 4.69) is 16.5 Å². The number of carbonyl (C=O) groups is 2. The van der Waals surface area contributed by atoms with Gasteiger partial charge in [0, 0.05) is 48.9 Å². The van der Waals surface area contributed by atoms with Crippen LogP contribution in [0.4, 0.5) is 15.8 Å². The summed E-state index contributed by atoms with van der Waals surface area (Å²) in [5.74, 6) is -0.382. The first-order valence-electron chi connectivity index (χ1n) is 13.4. The first-order valence-corrected chi connectivity index (χ1v) is 13.8. The molecule has 1 unspecified atom stereocenters. The van der Waals surface area contributed by atoms with Gasteiger partial charge in [0.25, 0.3) is 0 Å². The molecule has 1 N–H and O–H groups in total. The molecule has 0 aliphatic carbocycles. The van der Waals surface area contributed by atoms with Gasteiger partial charge in [-0.3, -0.25) is 19.5 Å². The van der Waals surface area contributed by atoms with E-state index in [-0.39, 0.29) is 39.8 Å². The van der Waals surface area contributed by atoms with Crippen molar-refractivity contribution >= 4 is 41.1 Å². The highest BCUT2D eigenvalue weighted by atomic mass is 35.5. The molecular formula is C32H34ClFN4O3. The molecule has 2 amide bonds. The summed E-state index contributed by atoms with van der Waals surface area (Å²) in [4.78, 5) is 35.1. The lowest BCUT2D eigenvalue weighted by atomic mass is 9.96. The molecule has 1 aliphatic heterocycles. The Labute approximate surface area is 245 Å². The second-order valence-corrected chi connectivity index (χ2v) is 10.7. The fourth-order valence-corrected chi connectivity index (χ4v) is 5.61. The Balaban J connectivity index is 1.95. The van der Waals surface area contributed by atoms with E-state index in [0.29, 0.717) is 42.4 Å². The third kappa shape index (κ3) is 5.84. The minimum Gasteiger partial charge on any atom is -0.507 e. The molecular weight excluding hydrogens is 543 g/mol. The fourth-order valence-electron chi connectivity index (χ4n) is 5.35. The first kappa shape index (κ1) is 29.8. The standard InChI is InChI=1S/C32H34ClFN4O3/c1-6-30(41)36-14-15-37(21(4)18-36)32(35-5)24-16-25(33)23(31-26(34)11-9-13-29(31)40)17-28(24)38(19-39)27-12-8-7-10-22(27)20(2)3/h6-13,16-17,19-21,40H,1,14-15,18H2,2-5H3. The van der Waals surface area contributed by atoms with Gasteiger partial charge in [-0.05, 0) is 54.8 Å². The molecule has 0 spiro atoms. The number of amides is 2. The van der Waals surface area contributed by atoms with Gasteiger partial charge in [0.2, 0.25) is 12.3 Å². The number of amidine groups is 1. The summed E-state index contributed by atoms with van der Waals surface area (Å²) in [6, 6.07) is 14.8. The van der Waals surface area contributed by atoms with Crippen LogP contribution in [0.25, 0.3) is 11.1 Å². The van der Waals surface area contributed by atoms with E-state index in [1.165, 1.54) is 29.2 Å². The molecule has 1 saturated heterocycles. The number of carbonyl (C=O) groups excluding carboxylic acids is 2. The molecule has 3 aromatic rings. The Morgan fingerprint density at radius 2 is 1.90 bits per heavy atom. The quantitative estimate of drug-likeness (QED) is 0.154. The molecule has 3 aromatic carbocycles. The van der Waals surface area contributed by atoms with Gasteiger partial charge in [0.1, 0.15) is 17.4 Å². The zero-order chi connectivity index (χ0) is 29.8. The number of rotatable bonds is 7. The van der Waals surface area contributed by atoms with Gasteiger partial charge in [-0.15, -0.1) is 0 Å². The number of benzene rings is 3. The van der Waals surface area contributed by atoms with Crippen LogP contribution in [0.1, 0.15) is 37.8 Å². The van der Waals surface area contributed by atoms with E-state index in [1.807, 2.05) is 45.0 Å². The van der Waals surface area contributed by atoms with Crippen LogP contribution in [0.15, 0.2) is 72.2 Å². The van der Waals surface area contributed by atoms with Crippen molar-refractivity contribution in [2.75, 3.05) is 31.6 Å². The van der Waals surface area contributed by atoms with E-state index in [4.69, 9.17) is 11.6 Å². The summed E-state index contributed by atoms with van der Waals surface area (Å²) in [5.41, 5.74) is 2.75. The number of phenolic OH excluding ortho intramolecular Hbond substituents is 1. The van der Waals surface area contributed by atoms with Gasteiger partial charge in [-0.2, -0.15) is 0 Å². The molecule has 41 heavy (non-hydrogen) atoms. The van der Waals surface area contributed by atoms with Crippen molar-refractivity contribution in [3.8, 4) is 16.9 Å². The molecule has 4 rings (SSSR count). The molecule has 1 aliphatic rings. The lowest BCUT2D eigenvalue weighted by molar-refractivity contribution is -0.128. The average molecular weight is 577 g/mol. The Bertz CT molecular complexity index is 1490. The molecule has 214 valence electrons. The van der Waals surface area contributed by atoms with Crippen LogP contribution >= 0.6 is 11.6 Å². The minimum atomic E-state index is -0.646. The summed E-state index contributed by atoms with van der Waals surface area (Å²) in [6.45, 7) is 11.1. The van der Waals surface area contributed by atoms with E-state index in [1.54, 1.807) is 24.1 Å². The van der Waals surface area contributed by atoms with Crippen molar-refractivity contribution in [3.05, 3.63) is 89.2 Å². The Morgan fingerprint density at radius 3 is 2.51 bits per heavy atom. The van der Waals surface area contributed by atoms with Crippen molar-refractivity contribution in [2.24, 2.45) is 4.99 Å². The second kappa shape index (κ2) is 12.6. The maximum Gasteiger partial charge on any atom is 0.246 e. The number of phenols is 1. The van der Waals surface area contributed by atoms with E-state index in [0.717, 1.165) is 12.0 Å². The number of hydrogen-bond acceptors (Lipinski definition) is 4. The van der Waals surface area contributed by atoms with Gasteiger partial charge in [-0.1, -0.05) is 56.3 Å². The van der Waals surface area contributed by atoms with Crippen molar-refractivity contribution < 1.29 is 19.1 Å². The SMILES string of the molecule is C=CC(=O)N1CCN(C(=NC)c2cc(Cl)c(-c3c(O)cccc3F)cc2N(C=O)c2ccccc2C(C)C)C(C)C1. The second-order valence-electron chi connectivity index (χ2n) is 10.3. The number of halogens is 2. The Kier molecular flexibility index (Phi) is 9.13. The van der Waals surface area contributed by atoms with E-state index in [9.17, 15) is 14.7 Å². The van der Waals surface area contributed by atoms with Crippen LogP contribution in [0.5, 0.6) is 5.75 Å². The summed E-state index contributed by atoms with van der Waals surface area (Å²) in [7, 11) is 1.66. The van der Waals surface area contributed by atoms with E-state index >= 15 is 4.39 Å². The largest absolute Gasteiger partial charge is 0.507 e. The summed E-state index contributed by atoms with van der Waals surface area (Å²) in [6.07, 6.45) is 2.02. The number of anilines is 2. The smallest absolute Gasteiger partial charge is 0.246 e. The molecule has 9 heteroatoms. The molecule has 0 bridgehead atoms. The number of aromatic hydroxyl groups is 1. The Hall–Kier alpha value is -4.17. The van der Waals surface area contributed by atoms with Crippen molar-refractivity contribution in [1.82, 2.24) is 9.80 Å². The predicted molar refractivity (Wildman–Crippen MR) is 163 cm³/mol. The highest BCUT2D eigenvalue weighted by molar-refractivity contribution is 6.34. The summed E-state index contributed by atoms with van der Waals surface area (Å²) in [5, 5.41) is 10.8. The number of nitrogens with zero attached hydrogens (tertiary/aromatic N) is 4. The third-order valence-electron chi connectivity index (χ3n) is 7.37. The van der Waals surface area contributed by atoms with Gasteiger partial charge in [0.05, 0.1) is 16.9 Å². The maximum absolute atomic E-state index is 15.0. The predicted octanol–water partition coefficient (Wildman–Crippen LogP) is 6.36. The topological polar surface area (TPSA) is 76.5 Å². The number of piperazine rings is 1. The number of aliphatic imine (C=N–C) groups is 1. The molecule has 1 heterocycles. The zero-order valence-corrected chi connectivity index (χ0v) is 24.4. The van der Waals surface area contributed by atoms with Crippen LogP contribution in [0, 0.1) is 5.82 Å². The summed E-state index contributed by atoms with van der Waals surface area (Å²) < 4.78 is 15.0. The van der Waals surface area contributed by atoms with Gasteiger partial charge < -0.3 is 14.9 Å². The minimum absolute atomic E-state index is 0.0619. The average Bonchev–Trinajstić information content (AvgIpc) is 2.95. The monoisotopic (exact) mass is 576 g/mol. The summed E-state index contributed by atoms with van der Waals surface area (Å²) >= 11 is 6.79. The van der Waals surface area contributed by atoms with Crippen LogP contribution in [0.2, 0.25) is 5.02 Å². The van der Waals surface area contributed by atoms with Gasteiger partial charge >= 0.3 is 0 Å². The maximum atomic E-state index is 15.0. The normalized spacial score (nSPS) is 15.7. The zero-order valence-electron chi connectivity index (χ0n) is 23.6. The van der Waals surface area contributed by atoms with Crippen LogP contribution in [0.3, 0.4) is 0 Å². The van der Waals surface area contributed by atoms with Crippen LogP contribution < -0.4 is 4.90 Å². The van der Waals surface area contributed by atoms with Crippen LogP contribution in [-0.4, -0.2) is 65.8 Å². The highest BCUT2D eigenvalue weighted by Crippen LogP contribution is 2.43. The first-order chi connectivity index (χ1) is 19.6. The molecule has 0 saturated carbocycles. The van der Waals surface area contributed by atoms with Crippen LogP contribution in [-0.2, 0) is 9.59 Å². The van der Waals surface area contributed by atoms with Crippen molar-refractivity contribution in [2.45, 2.75) is 32.7 Å². The molecule has 0 aromatic heterocycles. The Morgan fingerprint density at radius 1 is 1.17 bits per heavy atom.